The molecule has 11 heteroatoms. The van der Waals surface area contributed by atoms with Crippen LogP contribution in [0, 0.1) is 19.7 Å². The third-order valence-corrected chi connectivity index (χ3v) is 6.64. The smallest absolute Gasteiger partial charge is 0.274 e. The highest BCUT2D eigenvalue weighted by Crippen LogP contribution is 2.27. The number of aromatic amines is 1. The van der Waals surface area contributed by atoms with Crippen molar-refractivity contribution in [2.24, 2.45) is 0 Å². The van der Waals surface area contributed by atoms with Gasteiger partial charge in [-0.2, -0.15) is 10.2 Å². The molecular weight excluding hydrogens is 463 g/mol. The quantitative estimate of drug-likeness (QED) is 0.403. The standard InChI is InChI=1S/C25H23FN8O2/c1-13-8-28-34-20-6-4-15(21(26)22(20)30-25(36)23(13)34)9-32-10-16-11-33(31-18(16)12-32)19-7-5-17(24(35)27-3)29-14(19)2/h4-8,11H,9-10,12H2,1-3H3,(H,27,35)(H,30,36). The van der Waals surface area contributed by atoms with E-state index < -0.39 is 5.82 Å². The molecule has 1 aromatic carbocycles. The van der Waals surface area contributed by atoms with Crippen LogP contribution in [-0.2, 0) is 19.6 Å². The van der Waals surface area contributed by atoms with E-state index in [0.29, 0.717) is 47.6 Å². The number of nitrogens with one attached hydrogen (secondary N) is 2. The number of benzene rings is 1. The molecule has 2 N–H and O–H groups in total. The van der Waals surface area contributed by atoms with Gasteiger partial charge in [0.25, 0.3) is 11.5 Å². The number of aryl methyl sites for hydroxylation is 2. The first-order valence-electron chi connectivity index (χ1n) is 11.5. The number of rotatable bonds is 4. The zero-order chi connectivity index (χ0) is 25.1. The Kier molecular flexibility index (Phi) is 4.97. The Bertz CT molecular complexity index is 1730. The first-order chi connectivity index (χ1) is 17.3. The number of fused-ring (bicyclic) bond motifs is 4. The second-order valence-electron chi connectivity index (χ2n) is 9.05. The molecule has 0 atom stereocenters. The molecule has 1 amide bonds. The minimum Gasteiger partial charge on any atom is -0.354 e. The zero-order valence-electron chi connectivity index (χ0n) is 20.0. The molecule has 0 unspecified atom stereocenters. The van der Waals surface area contributed by atoms with Crippen molar-refractivity contribution < 1.29 is 9.18 Å². The van der Waals surface area contributed by atoms with Gasteiger partial charge in [-0.1, -0.05) is 6.07 Å². The van der Waals surface area contributed by atoms with Crippen molar-refractivity contribution >= 4 is 22.5 Å². The van der Waals surface area contributed by atoms with Gasteiger partial charge >= 0.3 is 0 Å². The third-order valence-electron chi connectivity index (χ3n) is 6.64. The van der Waals surface area contributed by atoms with Gasteiger partial charge < -0.3 is 10.3 Å². The molecule has 1 aliphatic rings. The summed E-state index contributed by atoms with van der Waals surface area (Å²) in [4.78, 5) is 33.5. The second kappa shape index (κ2) is 8.09. The maximum atomic E-state index is 15.4. The number of amides is 1. The molecule has 10 nitrogen and oxygen atoms in total. The van der Waals surface area contributed by atoms with Gasteiger partial charge in [-0.25, -0.2) is 18.6 Å². The van der Waals surface area contributed by atoms with E-state index in [1.165, 1.54) is 4.52 Å². The van der Waals surface area contributed by atoms with Crippen molar-refractivity contribution in [1.82, 2.24) is 39.6 Å². The van der Waals surface area contributed by atoms with Crippen molar-refractivity contribution in [2.75, 3.05) is 7.05 Å². The molecule has 0 fully saturated rings. The Morgan fingerprint density at radius 2 is 2.03 bits per heavy atom. The molecule has 0 aliphatic carbocycles. The molecule has 0 bridgehead atoms. The summed E-state index contributed by atoms with van der Waals surface area (Å²) in [6.07, 6.45) is 3.55. The van der Waals surface area contributed by atoms with Gasteiger partial charge in [0.05, 0.1) is 28.8 Å². The highest BCUT2D eigenvalue weighted by Gasteiger charge is 2.25. The molecule has 1 aliphatic heterocycles. The van der Waals surface area contributed by atoms with E-state index in [0.717, 1.165) is 22.5 Å². The molecule has 5 aromatic rings. The van der Waals surface area contributed by atoms with Gasteiger partial charge in [0.1, 0.15) is 16.7 Å². The number of H-pyrrole nitrogens is 1. The number of nitrogens with zero attached hydrogens (tertiary/aromatic N) is 6. The maximum absolute atomic E-state index is 15.4. The Hall–Kier alpha value is -4.38. The van der Waals surface area contributed by atoms with Crippen LogP contribution in [0.5, 0.6) is 0 Å². The summed E-state index contributed by atoms with van der Waals surface area (Å²) in [6.45, 7) is 5.19. The largest absolute Gasteiger partial charge is 0.354 e. The normalized spacial score (nSPS) is 13.6. The molecule has 6 rings (SSSR count). The molecule has 0 spiro atoms. The lowest BCUT2D eigenvalue weighted by Gasteiger charge is -2.17. The number of carbonyl (C=O) groups is 1. The van der Waals surface area contributed by atoms with E-state index >= 15 is 4.39 Å². The number of hydrogen-bond acceptors (Lipinski definition) is 6. The number of carbonyl (C=O) groups excluding carboxylic acids is 1. The minimum atomic E-state index is -0.452. The van der Waals surface area contributed by atoms with Crippen LogP contribution >= 0.6 is 0 Å². The fourth-order valence-corrected chi connectivity index (χ4v) is 4.83. The van der Waals surface area contributed by atoms with Crippen molar-refractivity contribution in [2.45, 2.75) is 33.5 Å². The number of hydrogen-bond donors (Lipinski definition) is 2. The average molecular weight is 487 g/mol. The van der Waals surface area contributed by atoms with Crippen LogP contribution in [0.3, 0.4) is 0 Å². The summed E-state index contributed by atoms with van der Waals surface area (Å²) in [7, 11) is 1.57. The molecule has 0 saturated carbocycles. The van der Waals surface area contributed by atoms with Crippen LogP contribution in [0.1, 0.15) is 38.6 Å². The topological polar surface area (TPSA) is 113 Å². The van der Waals surface area contributed by atoms with E-state index in [-0.39, 0.29) is 17.0 Å². The highest BCUT2D eigenvalue weighted by atomic mass is 19.1. The summed E-state index contributed by atoms with van der Waals surface area (Å²) in [5.41, 5.74) is 5.77. The summed E-state index contributed by atoms with van der Waals surface area (Å²) < 4.78 is 18.7. The molecule has 5 heterocycles. The lowest BCUT2D eigenvalue weighted by molar-refractivity contribution is 0.0958. The van der Waals surface area contributed by atoms with Gasteiger partial charge in [-0.3, -0.25) is 14.5 Å². The van der Waals surface area contributed by atoms with Gasteiger partial charge in [0, 0.05) is 49.6 Å². The monoisotopic (exact) mass is 486 g/mol. The minimum absolute atomic E-state index is 0.151. The summed E-state index contributed by atoms with van der Waals surface area (Å²) in [5.74, 6) is -0.690. The van der Waals surface area contributed by atoms with E-state index in [4.69, 9.17) is 5.10 Å². The molecule has 4 aromatic heterocycles. The SMILES string of the molecule is CNC(=O)c1ccc(-n2cc3c(n2)CN(Cc2ccc4c([nH]c(=O)c5c(C)cnn54)c2F)C3)c(C)n1. The van der Waals surface area contributed by atoms with Crippen LogP contribution in [0.2, 0.25) is 0 Å². The summed E-state index contributed by atoms with van der Waals surface area (Å²) in [6, 6.07) is 7.03. The fourth-order valence-electron chi connectivity index (χ4n) is 4.83. The fraction of sp³-hybridized carbons (Fsp3) is 0.240. The lowest BCUT2D eigenvalue weighted by atomic mass is 10.1. The maximum Gasteiger partial charge on any atom is 0.274 e. The van der Waals surface area contributed by atoms with Gasteiger partial charge in [-0.15, -0.1) is 0 Å². The lowest BCUT2D eigenvalue weighted by Crippen LogP contribution is -2.20. The molecule has 36 heavy (non-hydrogen) atoms. The summed E-state index contributed by atoms with van der Waals surface area (Å²) in [5, 5.41) is 11.5. The molecule has 0 saturated heterocycles. The van der Waals surface area contributed by atoms with Gasteiger partial charge in [0.2, 0.25) is 0 Å². The van der Waals surface area contributed by atoms with Crippen LogP contribution < -0.4 is 10.9 Å². The first kappa shape index (κ1) is 22.1. The Balaban J connectivity index is 1.24. The van der Waals surface area contributed by atoms with E-state index in [9.17, 15) is 9.59 Å². The third kappa shape index (κ3) is 3.39. The molecule has 182 valence electrons. The highest BCUT2D eigenvalue weighted by molar-refractivity contribution is 5.92. The van der Waals surface area contributed by atoms with Crippen molar-refractivity contribution in [3.05, 3.63) is 86.6 Å². The Labute approximate surface area is 204 Å². The predicted octanol–water partition coefficient (Wildman–Crippen LogP) is 2.39. The van der Waals surface area contributed by atoms with Crippen LogP contribution in [-0.4, -0.2) is 47.2 Å². The zero-order valence-corrected chi connectivity index (χ0v) is 20.0. The molecular formula is C25H23FN8O2. The first-order valence-corrected chi connectivity index (χ1v) is 11.5. The van der Waals surface area contributed by atoms with E-state index in [1.807, 2.05) is 19.2 Å². The van der Waals surface area contributed by atoms with E-state index in [2.05, 4.69) is 25.3 Å². The van der Waals surface area contributed by atoms with E-state index in [1.54, 1.807) is 43.0 Å². The number of aromatic nitrogens is 6. The second-order valence-corrected chi connectivity index (χ2v) is 9.05. The summed E-state index contributed by atoms with van der Waals surface area (Å²) >= 11 is 0. The van der Waals surface area contributed by atoms with Gasteiger partial charge in [-0.05, 0) is 32.0 Å². The van der Waals surface area contributed by atoms with Crippen molar-refractivity contribution in [3.8, 4) is 5.69 Å². The van der Waals surface area contributed by atoms with Gasteiger partial charge in [0.15, 0.2) is 5.82 Å². The number of halogens is 1. The average Bonchev–Trinajstić information content (AvgIpc) is 3.54. The van der Waals surface area contributed by atoms with Crippen molar-refractivity contribution in [3.63, 3.8) is 0 Å². The Morgan fingerprint density at radius 3 is 2.78 bits per heavy atom. The number of pyridine rings is 1. The van der Waals surface area contributed by atoms with Crippen LogP contribution in [0.25, 0.3) is 22.2 Å². The van der Waals surface area contributed by atoms with Crippen LogP contribution in [0.15, 0.2) is 41.5 Å². The Morgan fingerprint density at radius 1 is 1.19 bits per heavy atom. The van der Waals surface area contributed by atoms with Crippen LogP contribution in [0.4, 0.5) is 4.39 Å². The van der Waals surface area contributed by atoms with Crippen molar-refractivity contribution in [1.29, 1.82) is 0 Å². The molecule has 0 radical (unpaired) electrons. The predicted molar refractivity (Wildman–Crippen MR) is 130 cm³/mol.